The Morgan fingerprint density at radius 1 is 0.459 bits per heavy atom. The van der Waals surface area contributed by atoms with Crippen molar-refractivity contribution in [1.29, 1.82) is 0 Å². The first-order valence-electron chi connectivity index (χ1n) is 22.3. The number of rotatable bonds is 0. The summed E-state index contributed by atoms with van der Waals surface area (Å²) in [6.45, 7) is 21.3. The molecule has 0 aliphatic heterocycles. The van der Waals surface area contributed by atoms with E-state index in [1.54, 1.807) is 109 Å². The molecule has 74 heavy (non-hydrogen) atoms. The van der Waals surface area contributed by atoms with Crippen LogP contribution in [0, 0.1) is 76.2 Å². The lowest BCUT2D eigenvalue weighted by atomic mass is 10.3. The molecule has 0 radical (unpaired) electrons. The van der Waals surface area contributed by atoms with E-state index in [0.29, 0.717) is 5.89 Å². The summed E-state index contributed by atoms with van der Waals surface area (Å²) in [4.78, 5) is 39.7. The third kappa shape index (κ3) is 40.0. The lowest BCUT2D eigenvalue weighted by molar-refractivity contribution is 0.518. The van der Waals surface area contributed by atoms with E-state index in [-0.39, 0.29) is 0 Å². The van der Waals surface area contributed by atoms with E-state index < -0.39 is 0 Å². The number of aromatic nitrogens is 20. The van der Waals surface area contributed by atoms with Gasteiger partial charge < -0.3 is 4.42 Å². The maximum absolute atomic E-state index is 4.61. The molecule has 0 amide bonds. The summed E-state index contributed by atoms with van der Waals surface area (Å²) < 4.78 is 9.96. The van der Waals surface area contributed by atoms with Gasteiger partial charge in [-0.2, -0.15) is 15.3 Å². The molecule has 0 N–H and O–H groups in total. The van der Waals surface area contributed by atoms with Gasteiger partial charge in [0.2, 0.25) is 12.3 Å². The quantitative estimate of drug-likeness (QED) is 0.137. The second-order valence-corrected chi connectivity index (χ2v) is 16.3. The summed E-state index contributed by atoms with van der Waals surface area (Å²) in [5.41, 5.74) is 9.24. The first-order valence-corrected chi connectivity index (χ1v) is 23.9. The summed E-state index contributed by atoms with van der Waals surface area (Å²) in [5.74, 6) is 1.43. The average Bonchev–Trinajstić information content (AvgIpc) is 4.28. The van der Waals surface area contributed by atoms with Crippen LogP contribution in [0.2, 0.25) is 0 Å². The molecule has 0 unspecified atom stereocenters. The van der Waals surface area contributed by atoms with Crippen LogP contribution in [-0.4, -0.2) is 99.8 Å². The minimum atomic E-state index is 0.606. The fourth-order valence-electron chi connectivity index (χ4n) is 3.81. The SMILES string of the molecule is Cc1ccccn1.Cc1cccnc1.Cc1cccnn1.Cc1ccncc1.Cc1ccncn1.Cc1cnccn1.Cc1ncccn1.Cc1nnco1.Cc1nncs1.Cc1nnsc1C.Cn1cncn1. The minimum absolute atomic E-state index is 0.606. The molecule has 23 heteroatoms. The van der Waals surface area contributed by atoms with Crippen molar-refractivity contribution in [1.82, 2.24) is 99.8 Å². The average molecular weight is 1040 g/mol. The van der Waals surface area contributed by atoms with Crippen LogP contribution in [0.25, 0.3) is 0 Å². The Balaban J connectivity index is 0.000000407. The Morgan fingerprint density at radius 2 is 1.15 bits per heavy atom. The van der Waals surface area contributed by atoms with Crippen LogP contribution in [0.15, 0.2) is 176 Å². The van der Waals surface area contributed by atoms with Gasteiger partial charge in [-0.15, -0.1) is 36.8 Å². The van der Waals surface area contributed by atoms with Gasteiger partial charge in [-0.3, -0.25) is 29.6 Å². The van der Waals surface area contributed by atoms with Gasteiger partial charge in [-0.1, -0.05) is 16.6 Å². The molecule has 0 saturated heterocycles. The molecule has 0 aromatic carbocycles. The molecular weight excluding hydrogens is 973 g/mol. The molecule has 0 aliphatic rings. The van der Waals surface area contributed by atoms with Crippen molar-refractivity contribution in [3.05, 3.63) is 233 Å². The van der Waals surface area contributed by atoms with E-state index in [4.69, 9.17) is 0 Å². The van der Waals surface area contributed by atoms with Crippen LogP contribution >= 0.6 is 22.9 Å². The number of hydrogen-bond donors (Lipinski definition) is 0. The smallest absolute Gasteiger partial charge is 0.213 e. The zero-order chi connectivity index (χ0) is 54.3. The van der Waals surface area contributed by atoms with Crippen molar-refractivity contribution >= 4 is 22.9 Å². The lowest BCUT2D eigenvalue weighted by Gasteiger charge is -1.82. The molecule has 0 bridgehead atoms. The van der Waals surface area contributed by atoms with Gasteiger partial charge in [0.05, 0.1) is 17.1 Å². The summed E-state index contributed by atoms with van der Waals surface area (Å²) in [5, 5.41) is 30.1. The van der Waals surface area contributed by atoms with Crippen molar-refractivity contribution in [2.75, 3.05) is 0 Å². The highest BCUT2D eigenvalue weighted by molar-refractivity contribution is 7.09. The largest absolute Gasteiger partial charge is 0.428 e. The number of aryl methyl sites for hydroxylation is 12. The van der Waals surface area contributed by atoms with E-state index in [0.717, 1.165) is 39.3 Å². The molecule has 0 spiro atoms. The molecular formula is C51H64N20OS2. The molecule has 11 aromatic heterocycles. The van der Waals surface area contributed by atoms with E-state index in [2.05, 4.69) is 99.5 Å². The van der Waals surface area contributed by atoms with Gasteiger partial charge in [0, 0.05) is 105 Å². The van der Waals surface area contributed by atoms with E-state index >= 15 is 0 Å². The van der Waals surface area contributed by atoms with Gasteiger partial charge in [-0.05, 0) is 146 Å². The fraction of sp³-hybridized carbons (Fsp3) is 0.235. The van der Waals surface area contributed by atoms with Crippen molar-refractivity contribution in [3.8, 4) is 0 Å². The first kappa shape index (κ1) is 63.2. The predicted octanol–water partition coefficient (Wildman–Crippen LogP) is 9.50. The molecule has 21 nitrogen and oxygen atoms in total. The Kier molecular flexibility index (Phi) is 36.7. The Labute approximate surface area is 441 Å². The fourth-order valence-corrected chi connectivity index (χ4v) is 4.61. The van der Waals surface area contributed by atoms with Crippen LogP contribution in [0.3, 0.4) is 0 Å². The molecule has 0 atom stereocenters. The van der Waals surface area contributed by atoms with Gasteiger partial charge in [-0.25, -0.2) is 24.9 Å². The summed E-state index contributed by atoms with van der Waals surface area (Å²) in [7, 11) is 1.83. The second-order valence-electron chi connectivity index (χ2n) is 14.3. The van der Waals surface area contributed by atoms with E-state index in [1.807, 2.05) is 143 Å². The van der Waals surface area contributed by atoms with Crippen LogP contribution < -0.4 is 0 Å². The van der Waals surface area contributed by atoms with Gasteiger partial charge >= 0.3 is 0 Å². The van der Waals surface area contributed by atoms with Gasteiger partial charge in [0.1, 0.15) is 35.3 Å². The van der Waals surface area contributed by atoms with Crippen molar-refractivity contribution < 1.29 is 4.42 Å². The minimum Gasteiger partial charge on any atom is -0.428 e. The Bertz CT molecular complexity index is 2360. The van der Waals surface area contributed by atoms with Crippen LogP contribution in [0.4, 0.5) is 0 Å². The highest BCUT2D eigenvalue weighted by atomic mass is 32.1. The lowest BCUT2D eigenvalue weighted by Crippen LogP contribution is -1.83. The maximum atomic E-state index is 4.61. The van der Waals surface area contributed by atoms with Crippen molar-refractivity contribution in [2.24, 2.45) is 7.05 Å². The summed E-state index contributed by atoms with van der Waals surface area (Å²) >= 11 is 3.00. The van der Waals surface area contributed by atoms with E-state index in [9.17, 15) is 0 Å². The molecule has 0 fully saturated rings. The maximum Gasteiger partial charge on any atom is 0.213 e. The normalized spacial score (nSPS) is 8.81. The monoisotopic (exact) mass is 1040 g/mol. The van der Waals surface area contributed by atoms with Crippen LogP contribution in [0.1, 0.15) is 61.2 Å². The number of nitrogens with zero attached hydrogens (tertiary/aromatic N) is 20. The molecule has 0 saturated carbocycles. The standard InChI is InChI=1S/3C6H7N.4C5H6N2.C4H6N2S.C3H5N3.C3H4N2O.C3H4N2S/c1-6-2-4-7-5-3-6;1-6-3-2-4-7-5-6;1-6-4-2-3-5-7-6;1-5-4-6-2-3-7-5;1-5-2-3-6-4-7-5;1-5-6-3-2-4-7-5;1-5-3-2-4-6-7-5;1-3-4(2)7-6-5-3;1-6-3-4-2-5-6;2*1-3-5-4-2-6-3/h3*2-5H,1H3;4*2-4H,1H3;1-2H3;2-3H,1H3;2*2H,1H3. The highest BCUT2D eigenvalue weighted by Crippen LogP contribution is 2.04. The van der Waals surface area contributed by atoms with Crippen LogP contribution in [-0.2, 0) is 7.05 Å². The molecule has 11 heterocycles. The topological polar surface area (TPSA) is 263 Å². The Hall–Kier alpha value is -8.83. The van der Waals surface area contributed by atoms with Gasteiger partial charge in [0.15, 0.2) is 0 Å². The summed E-state index contributed by atoms with van der Waals surface area (Å²) in [6, 6.07) is 21.2. The number of hydrogen-bond acceptors (Lipinski definition) is 22. The molecule has 0 aliphatic carbocycles. The molecule has 11 aromatic rings. The zero-order valence-corrected chi connectivity index (χ0v) is 45.5. The zero-order valence-electron chi connectivity index (χ0n) is 43.8. The van der Waals surface area contributed by atoms with Crippen molar-refractivity contribution in [2.45, 2.75) is 76.2 Å². The second kappa shape index (κ2) is 43.0. The van der Waals surface area contributed by atoms with E-state index in [1.165, 1.54) is 46.6 Å². The summed E-state index contributed by atoms with van der Waals surface area (Å²) in [6.07, 6.45) is 26.8. The Morgan fingerprint density at radius 3 is 1.39 bits per heavy atom. The van der Waals surface area contributed by atoms with Crippen LogP contribution in [0.5, 0.6) is 0 Å². The van der Waals surface area contributed by atoms with Crippen molar-refractivity contribution in [3.63, 3.8) is 0 Å². The highest BCUT2D eigenvalue weighted by Gasteiger charge is 1.91. The third-order valence-corrected chi connectivity index (χ3v) is 9.00. The number of pyridine rings is 3. The third-order valence-electron chi connectivity index (χ3n) is 7.64. The first-order chi connectivity index (χ1) is 35.7. The predicted molar refractivity (Wildman–Crippen MR) is 288 cm³/mol. The van der Waals surface area contributed by atoms with Gasteiger partial charge in [0.25, 0.3) is 0 Å². The molecule has 11 rings (SSSR count). The molecule has 386 valence electrons.